The Bertz CT molecular complexity index is 373. The maximum absolute atomic E-state index is 12.2. The highest BCUT2D eigenvalue weighted by Crippen LogP contribution is 2.18. The lowest BCUT2D eigenvalue weighted by atomic mass is 10.2. The number of halogens is 1. The van der Waals surface area contributed by atoms with Crippen molar-refractivity contribution in [2.75, 3.05) is 13.1 Å². The van der Waals surface area contributed by atoms with E-state index < -0.39 is 0 Å². The van der Waals surface area contributed by atoms with Gasteiger partial charge in [0.15, 0.2) is 0 Å². The second-order valence-corrected chi connectivity index (χ2v) is 4.47. The van der Waals surface area contributed by atoms with Gasteiger partial charge in [0.2, 0.25) is 0 Å². The first kappa shape index (κ1) is 11.4. The predicted molar refractivity (Wildman–Crippen MR) is 63.6 cm³/mol. The van der Waals surface area contributed by atoms with E-state index in [-0.39, 0.29) is 5.91 Å². The molecule has 0 radical (unpaired) electrons. The Labute approximate surface area is 100 Å². The van der Waals surface area contributed by atoms with Crippen molar-refractivity contribution in [1.29, 1.82) is 0 Å². The summed E-state index contributed by atoms with van der Waals surface area (Å²) in [6.07, 6.45) is 7.74. The fourth-order valence-electron chi connectivity index (χ4n) is 1.99. The maximum atomic E-state index is 12.2. The van der Waals surface area contributed by atoms with E-state index in [0.717, 1.165) is 25.9 Å². The smallest absolute Gasteiger partial charge is 0.255 e. The van der Waals surface area contributed by atoms with Gasteiger partial charge in [-0.25, -0.2) is 0 Å². The lowest BCUT2D eigenvalue weighted by Crippen LogP contribution is -2.32. The van der Waals surface area contributed by atoms with Crippen LogP contribution in [0.15, 0.2) is 18.5 Å². The number of carbonyl (C=O) groups excluding carboxylic acids is 1. The van der Waals surface area contributed by atoms with Gasteiger partial charge in [0.1, 0.15) is 0 Å². The lowest BCUT2D eigenvalue weighted by Gasteiger charge is -2.20. The molecule has 1 amide bonds. The SMILES string of the molecule is O=C(c1ccncc1Cl)N1CCCCCC1. The summed E-state index contributed by atoms with van der Waals surface area (Å²) in [6.45, 7) is 1.69. The van der Waals surface area contributed by atoms with Crippen molar-refractivity contribution in [3.63, 3.8) is 0 Å². The zero-order valence-corrected chi connectivity index (χ0v) is 9.91. The third kappa shape index (κ3) is 2.53. The molecular formula is C12H15ClN2O. The molecule has 1 aliphatic rings. The molecule has 0 aromatic carbocycles. The molecule has 1 saturated heterocycles. The summed E-state index contributed by atoms with van der Waals surface area (Å²) in [5.74, 6) is 0.0364. The minimum absolute atomic E-state index is 0.0364. The number of hydrogen-bond acceptors (Lipinski definition) is 2. The summed E-state index contributed by atoms with van der Waals surface area (Å²) in [5, 5.41) is 0.441. The molecular weight excluding hydrogens is 224 g/mol. The molecule has 2 rings (SSSR count). The molecule has 0 aliphatic carbocycles. The van der Waals surface area contributed by atoms with Crippen LogP contribution in [-0.4, -0.2) is 28.9 Å². The van der Waals surface area contributed by atoms with E-state index in [4.69, 9.17) is 11.6 Å². The molecule has 1 fully saturated rings. The second kappa shape index (κ2) is 5.30. The number of nitrogens with zero attached hydrogens (tertiary/aromatic N) is 2. The molecule has 86 valence electrons. The maximum Gasteiger partial charge on any atom is 0.255 e. The Balaban J connectivity index is 2.14. The molecule has 4 heteroatoms. The number of rotatable bonds is 1. The summed E-state index contributed by atoms with van der Waals surface area (Å²) in [7, 11) is 0. The molecule has 0 atom stereocenters. The van der Waals surface area contributed by atoms with E-state index >= 15 is 0 Å². The van der Waals surface area contributed by atoms with E-state index in [1.54, 1.807) is 12.3 Å². The van der Waals surface area contributed by atoms with Gasteiger partial charge in [0.05, 0.1) is 10.6 Å². The van der Waals surface area contributed by atoms with Crippen molar-refractivity contribution in [2.45, 2.75) is 25.7 Å². The van der Waals surface area contributed by atoms with Crippen LogP contribution in [0.2, 0.25) is 5.02 Å². The molecule has 0 N–H and O–H groups in total. The third-order valence-corrected chi connectivity index (χ3v) is 3.20. The van der Waals surface area contributed by atoms with E-state index in [9.17, 15) is 4.79 Å². The summed E-state index contributed by atoms with van der Waals surface area (Å²) in [5.41, 5.74) is 0.568. The average molecular weight is 239 g/mol. The topological polar surface area (TPSA) is 33.2 Å². The first-order valence-electron chi connectivity index (χ1n) is 5.68. The Morgan fingerprint density at radius 2 is 1.94 bits per heavy atom. The number of hydrogen-bond donors (Lipinski definition) is 0. The van der Waals surface area contributed by atoms with E-state index in [1.807, 2.05) is 4.90 Å². The molecule has 3 nitrogen and oxygen atoms in total. The van der Waals surface area contributed by atoms with Crippen LogP contribution in [0.5, 0.6) is 0 Å². The van der Waals surface area contributed by atoms with E-state index in [2.05, 4.69) is 4.98 Å². The standard InChI is InChI=1S/C12H15ClN2O/c13-11-9-14-6-5-10(11)12(16)15-7-3-1-2-4-8-15/h5-6,9H,1-4,7-8H2. The molecule has 1 aliphatic heterocycles. The van der Waals surface area contributed by atoms with Crippen LogP contribution in [0, 0.1) is 0 Å². The zero-order valence-electron chi connectivity index (χ0n) is 9.16. The van der Waals surface area contributed by atoms with Gasteiger partial charge in [-0.15, -0.1) is 0 Å². The lowest BCUT2D eigenvalue weighted by molar-refractivity contribution is 0.0761. The molecule has 2 heterocycles. The van der Waals surface area contributed by atoms with Gasteiger partial charge >= 0.3 is 0 Å². The second-order valence-electron chi connectivity index (χ2n) is 4.06. The van der Waals surface area contributed by atoms with Crippen molar-refractivity contribution >= 4 is 17.5 Å². The normalized spacial score (nSPS) is 16.9. The number of likely N-dealkylation sites (tertiary alicyclic amines) is 1. The van der Waals surface area contributed by atoms with Gasteiger partial charge < -0.3 is 4.90 Å². The summed E-state index contributed by atoms with van der Waals surface area (Å²) in [4.78, 5) is 18.0. The summed E-state index contributed by atoms with van der Waals surface area (Å²) < 4.78 is 0. The molecule has 0 bridgehead atoms. The fourth-order valence-corrected chi connectivity index (χ4v) is 2.19. The van der Waals surface area contributed by atoms with Crippen molar-refractivity contribution in [1.82, 2.24) is 9.88 Å². The predicted octanol–water partition coefficient (Wildman–Crippen LogP) is 2.75. The van der Waals surface area contributed by atoms with Crippen molar-refractivity contribution < 1.29 is 4.79 Å². The Morgan fingerprint density at radius 3 is 2.56 bits per heavy atom. The molecule has 0 spiro atoms. The van der Waals surface area contributed by atoms with Gasteiger partial charge in [-0.3, -0.25) is 9.78 Å². The Morgan fingerprint density at radius 1 is 1.25 bits per heavy atom. The van der Waals surface area contributed by atoms with Crippen LogP contribution in [0.3, 0.4) is 0 Å². The Kier molecular flexibility index (Phi) is 3.78. The fraction of sp³-hybridized carbons (Fsp3) is 0.500. The molecule has 1 aromatic rings. The van der Waals surface area contributed by atoms with Gasteiger partial charge in [-0.1, -0.05) is 24.4 Å². The first-order chi connectivity index (χ1) is 7.79. The van der Waals surface area contributed by atoms with Gasteiger partial charge in [0.25, 0.3) is 5.91 Å². The monoisotopic (exact) mass is 238 g/mol. The van der Waals surface area contributed by atoms with Gasteiger partial charge in [-0.2, -0.15) is 0 Å². The first-order valence-corrected chi connectivity index (χ1v) is 6.05. The van der Waals surface area contributed by atoms with Crippen LogP contribution >= 0.6 is 11.6 Å². The van der Waals surface area contributed by atoms with Crippen molar-refractivity contribution in [3.8, 4) is 0 Å². The number of pyridine rings is 1. The van der Waals surface area contributed by atoms with Gasteiger partial charge in [-0.05, 0) is 18.9 Å². The highest BCUT2D eigenvalue weighted by atomic mass is 35.5. The van der Waals surface area contributed by atoms with Crippen molar-refractivity contribution in [3.05, 3.63) is 29.0 Å². The van der Waals surface area contributed by atoms with Crippen molar-refractivity contribution in [2.24, 2.45) is 0 Å². The molecule has 0 saturated carbocycles. The number of carbonyl (C=O) groups is 1. The van der Waals surface area contributed by atoms with Gasteiger partial charge in [0, 0.05) is 25.5 Å². The molecule has 0 unspecified atom stereocenters. The largest absolute Gasteiger partial charge is 0.339 e. The minimum atomic E-state index is 0.0364. The summed E-state index contributed by atoms with van der Waals surface area (Å²) in [6, 6.07) is 1.69. The van der Waals surface area contributed by atoms with Crippen LogP contribution in [-0.2, 0) is 0 Å². The third-order valence-electron chi connectivity index (χ3n) is 2.90. The molecule has 16 heavy (non-hydrogen) atoms. The molecule has 1 aromatic heterocycles. The van der Waals surface area contributed by atoms with Crippen LogP contribution in [0.1, 0.15) is 36.0 Å². The van der Waals surface area contributed by atoms with Crippen LogP contribution in [0.25, 0.3) is 0 Å². The minimum Gasteiger partial charge on any atom is -0.339 e. The van der Waals surface area contributed by atoms with E-state index in [0.29, 0.717) is 10.6 Å². The highest BCUT2D eigenvalue weighted by Gasteiger charge is 2.19. The summed E-state index contributed by atoms with van der Waals surface area (Å²) >= 11 is 5.97. The Hall–Kier alpha value is -1.09. The van der Waals surface area contributed by atoms with Crippen LogP contribution < -0.4 is 0 Å². The zero-order chi connectivity index (χ0) is 11.4. The number of aromatic nitrogens is 1. The van der Waals surface area contributed by atoms with E-state index in [1.165, 1.54) is 19.0 Å². The number of amides is 1. The quantitative estimate of drug-likeness (QED) is 0.754. The highest BCUT2D eigenvalue weighted by molar-refractivity contribution is 6.33. The van der Waals surface area contributed by atoms with Crippen LogP contribution in [0.4, 0.5) is 0 Å². The average Bonchev–Trinajstić information content (AvgIpc) is 2.57.